The van der Waals surface area contributed by atoms with Crippen LogP contribution in [0.1, 0.15) is 44.9 Å². The number of rotatable bonds is 1. The van der Waals surface area contributed by atoms with Crippen molar-refractivity contribution in [2.75, 3.05) is 26.2 Å². The number of aliphatic hydroxyl groups excluding tert-OH is 1. The largest absolute Gasteiger partial charge is 0.395 e. The van der Waals surface area contributed by atoms with Crippen LogP contribution in [0.25, 0.3) is 0 Å². The van der Waals surface area contributed by atoms with Crippen LogP contribution in [0.4, 0.5) is 0 Å². The van der Waals surface area contributed by atoms with E-state index in [-0.39, 0.29) is 0 Å². The molecule has 0 aromatic carbocycles. The van der Waals surface area contributed by atoms with E-state index in [4.69, 9.17) is 0 Å². The Morgan fingerprint density at radius 3 is 2.58 bits per heavy atom. The fraction of sp³-hybridized carbons (Fsp3) is 1.00. The molecule has 0 aliphatic carbocycles. The lowest BCUT2D eigenvalue weighted by Gasteiger charge is -2.60. The molecule has 4 rings (SSSR count). The molecule has 4 saturated heterocycles. The van der Waals surface area contributed by atoms with Crippen molar-refractivity contribution < 1.29 is 5.11 Å². The van der Waals surface area contributed by atoms with Crippen LogP contribution in [-0.2, 0) is 0 Å². The Morgan fingerprint density at radius 1 is 0.947 bits per heavy atom. The molecule has 4 heterocycles. The molecule has 0 saturated carbocycles. The van der Waals surface area contributed by atoms with E-state index >= 15 is 0 Å². The highest BCUT2D eigenvalue weighted by Crippen LogP contribution is 2.45. The lowest BCUT2D eigenvalue weighted by atomic mass is 9.67. The van der Waals surface area contributed by atoms with Gasteiger partial charge in [-0.25, -0.2) is 0 Å². The Hall–Kier alpha value is -0.120. The molecule has 0 radical (unpaired) electrons. The molecule has 0 amide bonds. The Morgan fingerprint density at radius 2 is 1.74 bits per heavy atom. The van der Waals surface area contributed by atoms with E-state index in [1.165, 1.54) is 64.6 Å². The highest BCUT2D eigenvalue weighted by atomic mass is 16.3. The summed E-state index contributed by atoms with van der Waals surface area (Å²) in [6.07, 6.45) is 9.72. The average molecular weight is 264 g/mol. The first-order chi connectivity index (χ1) is 9.38. The second-order valence-corrected chi connectivity index (χ2v) is 7.27. The molecule has 1 N–H and O–H groups in total. The molecule has 3 heteroatoms. The monoisotopic (exact) mass is 264 g/mol. The van der Waals surface area contributed by atoms with E-state index in [1.807, 2.05) is 0 Å². The molecular weight excluding hydrogens is 236 g/mol. The average Bonchev–Trinajstić information content (AvgIpc) is 2.48. The zero-order valence-corrected chi connectivity index (χ0v) is 12.0. The molecule has 108 valence electrons. The summed E-state index contributed by atoms with van der Waals surface area (Å²) in [6, 6.07) is 2.03. The minimum Gasteiger partial charge on any atom is -0.395 e. The molecule has 0 unspecified atom stereocenters. The van der Waals surface area contributed by atoms with E-state index in [1.54, 1.807) is 0 Å². The van der Waals surface area contributed by atoms with Gasteiger partial charge in [0, 0.05) is 24.7 Å². The van der Waals surface area contributed by atoms with Gasteiger partial charge in [-0.3, -0.25) is 9.80 Å². The van der Waals surface area contributed by atoms with Crippen molar-refractivity contribution in [3.63, 3.8) is 0 Å². The van der Waals surface area contributed by atoms with Crippen molar-refractivity contribution in [1.29, 1.82) is 0 Å². The molecule has 3 nitrogen and oxygen atoms in total. The minimum absolute atomic E-state index is 0.387. The summed E-state index contributed by atoms with van der Waals surface area (Å²) < 4.78 is 0. The summed E-state index contributed by atoms with van der Waals surface area (Å²) in [5.74, 6) is 1.64. The lowest BCUT2D eigenvalue weighted by molar-refractivity contribution is -0.118. The first kappa shape index (κ1) is 12.6. The van der Waals surface area contributed by atoms with Gasteiger partial charge in [-0.15, -0.1) is 0 Å². The number of aliphatic hydroxyl groups is 1. The summed E-state index contributed by atoms with van der Waals surface area (Å²) in [5, 5.41) is 9.97. The van der Waals surface area contributed by atoms with Crippen molar-refractivity contribution in [1.82, 2.24) is 9.80 Å². The van der Waals surface area contributed by atoms with Gasteiger partial charge in [-0.2, -0.15) is 0 Å². The fourth-order valence-corrected chi connectivity index (χ4v) is 5.69. The van der Waals surface area contributed by atoms with Gasteiger partial charge >= 0.3 is 0 Å². The van der Waals surface area contributed by atoms with Gasteiger partial charge in [0.1, 0.15) is 0 Å². The summed E-state index contributed by atoms with van der Waals surface area (Å²) >= 11 is 0. The topological polar surface area (TPSA) is 26.7 Å². The standard InChI is InChI=1S/C16H28N2O/c19-11-16-13-9-12(14-5-2-4-8-18(14)16)10-17-7-3-1-6-15(13)17/h12-16,19H,1-11H2/t12-,13+,14+,15-,16-/m0/s1. The highest BCUT2D eigenvalue weighted by Gasteiger charge is 2.50. The van der Waals surface area contributed by atoms with Crippen LogP contribution in [0, 0.1) is 11.8 Å². The third kappa shape index (κ3) is 1.97. The summed E-state index contributed by atoms with van der Waals surface area (Å²) in [7, 11) is 0. The molecule has 4 fully saturated rings. The van der Waals surface area contributed by atoms with E-state index in [9.17, 15) is 5.11 Å². The van der Waals surface area contributed by atoms with Crippen LogP contribution in [0.2, 0.25) is 0 Å². The molecule has 4 aliphatic rings. The molecule has 19 heavy (non-hydrogen) atoms. The van der Waals surface area contributed by atoms with Crippen LogP contribution in [0.5, 0.6) is 0 Å². The third-order valence-corrected chi connectivity index (χ3v) is 6.45. The van der Waals surface area contributed by atoms with Crippen molar-refractivity contribution >= 4 is 0 Å². The molecule has 0 aromatic rings. The SMILES string of the molecule is OC[C@H]1[C@@H]2C[C@@H](CN3CCCC[C@@H]23)[C@H]2CCCCN21. The molecule has 4 aliphatic heterocycles. The number of piperidine rings is 4. The number of nitrogens with zero attached hydrogens (tertiary/aromatic N) is 2. The van der Waals surface area contributed by atoms with E-state index < -0.39 is 0 Å². The summed E-state index contributed by atoms with van der Waals surface area (Å²) in [5.41, 5.74) is 0. The van der Waals surface area contributed by atoms with Gasteiger partial charge in [0.2, 0.25) is 0 Å². The van der Waals surface area contributed by atoms with Crippen molar-refractivity contribution in [2.24, 2.45) is 11.8 Å². The molecule has 2 bridgehead atoms. The predicted octanol–water partition coefficient (Wildman–Crippen LogP) is 1.71. The third-order valence-electron chi connectivity index (χ3n) is 6.45. The van der Waals surface area contributed by atoms with Gasteiger partial charge in [0.25, 0.3) is 0 Å². The van der Waals surface area contributed by atoms with Gasteiger partial charge in [0.05, 0.1) is 6.61 Å². The van der Waals surface area contributed by atoms with Gasteiger partial charge in [0.15, 0.2) is 0 Å². The van der Waals surface area contributed by atoms with Crippen LogP contribution >= 0.6 is 0 Å². The van der Waals surface area contributed by atoms with Crippen molar-refractivity contribution in [3.8, 4) is 0 Å². The first-order valence-corrected chi connectivity index (χ1v) is 8.49. The molecular formula is C16H28N2O. The quantitative estimate of drug-likeness (QED) is 0.781. The zero-order valence-electron chi connectivity index (χ0n) is 12.0. The Balaban J connectivity index is 1.63. The first-order valence-electron chi connectivity index (χ1n) is 8.49. The Labute approximate surface area is 117 Å². The van der Waals surface area contributed by atoms with Crippen LogP contribution in [0.15, 0.2) is 0 Å². The van der Waals surface area contributed by atoms with Gasteiger partial charge in [-0.1, -0.05) is 12.8 Å². The highest BCUT2D eigenvalue weighted by molar-refractivity contribution is 5.05. The second-order valence-electron chi connectivity index (χ2n) is 7.27. The minimum atomic E-state index is 0.387. The van der Waals surface area contributed by atoms with Crippen LogP contribution < -0.4 is 0 Å². The van der Waals surface area contributed by atoms with Crippen LogP contribution in [0.3, 0.4) is 0 Å². The maximum atomic E-state index is 9.97. The molecule has 0 aromatic heterocycles. The lowest BCUT2D eigenvalue weighted by Crippen LogP contribution is -2.67. The molecule has 0 spiro atoms. The number of hydrogen-bond acceptors (Lipinski definition) is 3. The smallest absolute Gasteiger partial charge is 0.0590 e. The van der Waals surface area contributed by atoms with Crippen LogP contribution in [-0.4, -0.2) is 59.3 Å². The van der Waals surface area contributed by atoms with E-state index in [0.29, 0.717) is 12.6 Å². The summed E-state index contributed by atoms with van der Waals surface area (Å²) in [4.78, 5) is 5.51. The number of fused-ring (bicyclic) bond motifs is 6. The van der Waals surface area contributed by atoms with Crippen molar-refractivity contribution in [3.05, 3.63) is 0 Å². The van der Waals surface area contributed by atoms with Gasteiger partial charge in [-0.05, 0) is 57.0 Å². The maximum Gasteiger partial charge on any atom is 0.0590 e. The zero-order chi connectivity index (χ0) is 12.8. The van der Waals surface area contributed by atoms with E-state index in [0.717, 1.165) is 23.9 Å². The fourth-order valence-electron chi connectivity index (χ4n) is 5.69. The summed E-state index contributed by atoms with van der Waals surface area (Å²) in [6.45, 7) is 4.30. The van der Waals surface area contributed by atoms with Crippen molar-refractivity contribution in [2.45, 2.75) is 63.1 Å². The Bertz CT molecular complexity index is 333. The normalized spacial score (nSPS) is 47.5. The predicted molar refractivity (Wildman–Crippen MR) is 76.0 cm³/mol. The molecule has 5 atom stereocenters. The number of hydrogen-bond donors (Lipinski definition) is 1. The maximum absolute atomic E-state index is 9.97. The van der Waals surface area contributed by atoms with E-state index in [2.05, 4.69) is 9.80 Å². The second kappa shape index (κ2) is 5.01. The Kier molecular flexibility index (Phi) is 3.33. The van der Waals surface area contributed by atoms with Gasteiger partial charge < -0.3 is 5.11 Å².